The van der Waals surface area contributed by atoms with Crippen LogP contribution in [-0.4, -0.2) is 30.3 Å². The van der Waals surface area contributed by atoms with Gasteiger partial charge in [-0.1, -0.05) is 23.7 Å². The smallest absolute Gasteiger partial charge is 0.417 e. The molecule has 6 nitrogen and oxygen atoms in total. The lowest BCUT2D eigenvalue weighted by Crippen LogP contribution is -2.25. The SMILES string of the molecule is COC(=O)C(C)Oc1ccccc1Oc1ccc(C(F)(F)F)c(C(=O)O)c1Cl. The molecule has 150 valence electrons. The van der Waals surface area contributed by atoms with Crippen molar-refractivity contribution in [3.8, 4) is 17.2 Å². The summed E-state index contributed by atoms with van der Waals surface area (Å²) in [5.41, 5.74) is -2.53. The van der Waals surface area contributed by atoms with Crippen molar-refractivity contribution in [1.82, 2.24) is 0 Å². The molecule has 28 heavy (non-hydrogen) atoms. The van der Waals surface area contributed by atoms with E-state index in [4.69, 9.17) is 26.2 Å². The summed E-state index contributed by atoms with van der Waals surface area (Å²) in [6, 6.07) is 7.44. The van der Waals surface area contributed by atoms with Crippen LogP contribution in [0.2, 0.25) is 5.02 Å². The van der Waals surface area contributed by atoms with Gasteiger partial charge < -0.3 is 19.3 Å². The van der Waals surface area contributed by atoms with E-state index >= 15 is 0 Å². The Morgan fingerprint density at radius 1 is 1.07 bits per heavy atom. The summed E-state index contributed by atoms with van der Waals surface area (Å²) >= 11 is 5.88. The first kappa shape index (κ1) is 21.4. The average Bonchev–Trinajstić information content (AvgIpc) is 2.62. The Hall–Kier alpha value is -2.94. The molecule has 1 N–H and O–H groups in total. The van der Waals surface area contributed by atoms with Gasteiger partial charge in [0, 0.05) is 0 Å². The van der Waals surface area contributed by atoms with Gasteiger partial charge in [0.05, 0.1) is 23.3 Å². The Morgan fingerprint density at radius 2 is 1.68 bits per heavy atom. The fourth-order valence-corrected chi connectivity index (χ4v) is 2.52. The maximum absolute atomic E-state index is 13.0. The summed E-state index contributed by atoms with van der Waals surface area (Å²) in [7, 11) is 1.18. The number of rotatable bonds is 6. The fourth-order valence-electron chi connectivity index (χ4n) is 2.24. The summed E-state index contributed by atoms with van der Waals surface area (Å²) in [6.07, 6.45) is -5.90. The molecule has 10 heteroatoms. The Kier molecular flexibility index (Phi) is 6.40. The maximum atomic E-state index is 13.0. The summed E-state index contributed by atoms with van der Waals surface area (Å²) in [5.74, 6) is -2.75. The second-order valence-electron chi connectivity index (χ2n) is 5.44. The van der Waals surface area contributed by atoms with Crippen LogP contribution in [0, 0.1) is 0 Å². The molecule has 0 radical (unpaired) electrons. The third-order valence-electron chi connectivity index (χ3n) is 3.53. The second kappa shape index (κ2) is 8.39. The van der Waals surface area contributed by atoms with E-state index in [9.17, 15) is 22.8 Å². The van der Waals surface area contributed by atoms with Gasteiger partial charge in [-0.05, 0) is 31.2 Å². The molecule has 0 aromatic heterocycles. The Morgan fingerprint density at radius 3 is 2.21 bits per heavy atom. The van der Waals surface area contributed by atoms with Gasteiger partial charge in [-0.3, -0.25) is 0 Å². The first-order valence-corrected chi connectivity index (χ1v) is 8.08. The topological polar surface area (TPSA) is 82.1 Å². The molecule has 0 aliphatic heterocycles. The number of benzene rings is 2. The molecule has 2 aromatic carbocycles. The van der Waals surface area contributed by atoms with Crippen molar-refractivity contribution in [3.63, 3.8) is 0 Å². The number of aromatic carboxylic acids is 1. The number of para-hydroxylation sites is 2. The summed E-state index contributed by atoms with van der Waals surface area (Å²) in [6.45, 7) is 1.43. The van der Waals surface area contributed by atoms with E-state index in [-0.39, 0.29) is 17.2 Å². The van der Waals surface area contributed by atoms with Crippen LogP contribution in [-0.2, 0) is 15.7 Å². The van der Waals surface area contributed by atoms with Gasteiger partial charge in [-0.25, -0.2) is 9.59 Å². The number of carbonyl (C=O) groups excluding carboxylic acids is 1. The van der Waals surface area contributed by atoms with Gasteiger partial charge in [0.1, 0.15) is 5.75 Å². The zero-order valence-electron chi connectivity index (χ0n) is 14.5. The molecule has 0 amide bonds. The lowest BCUT2D eigenvalue weighted by atomic mass is 10.1. The van der Waals surface area contributed by atoms with Crippen LogP contribution in [0.3, 0.4) is 0 Å². The Bertz CT molecular complexity index is 897. The molecule has 0 bridgehead atoms. The predicted molar refractivity (Wildman–Crippen MR) is 92.0 cm³/mol. The highest BCUT2D eigenvalue weighted by Crippen LogP contribution is 2.42. The maximum Gasteiger partial charge on any atom is 0.417 e. The van der Waals surface area contributed by atoms with E-state index in [2.05, 4.69) is 4.74 Å². The third kappa shape index (κ3) is 4.66. The number of carboxylic acid groups (broad SMARTS) is 1. The molecule has 2 aromatic rings. The highest BCUT2D eigenvalue weighted by molar-refractivity contribution is 6.35. The minimum atomic E-state index is -4.91. The van der Waals surface area contributed by atoms with Gasteiger partial charge >= 0.3 is 18.1 Å². The molecule has 2 rings (SSSR count). The number of hydrogen-bond donors (Lipinski definition) is 1. The van der Waals surface area contributed by atoms with Crippen LogP contribution < -0.4 is 9.47 Å². The molecule has 0 heterocycles. The molecule has 0 saturated heterocycles. The molecule has 0 aliphatic carbocycles. The van der Waals surface area contributed by atoms with Gasteiger partial charge in [0.25, 0.3) is 0 Å². The normalized spacial score (nSPS) is 12.2. The van der Waals surface area contributed by atoms with Crippen molar-refractivity contribution >= 4 is 23.5 Å². The number of alkyl halides is 3. The van der Waals surface area contributed by atoms with Crippen LogP contribution in [0.25, 0.3) is 0 Å². The first-order valence-electron chi connectivity index (χ1n) is 7.70. The number of halogens is 4. The highest BCUT2D eigenvalue weighted by Gasteiger charge is 2.37. The number of ether oxygens (including phenoxy) is 3. The zero-order chi connectivity index (χ0) is 21.1. The van der Waals surface area contributed by atoms with Crippen LogP contribution in [0.4, 0.5) is 13.2 Å². The third-order valence-corrected chi connectivity index (χ3v) is 3.91. The molecule has 1 atom stereocenters. The van der Waals surface area contributed by atoms with E-state index in [0.717, 1.165) is 6.07 Å². The van der Waals surface area contributed by atoms with Crippen molar-refractivity contribution in [3.05, 3.63) is 52.5 Å². The van der Waals surface area contributed by atoms with E-state index in [1.165, 1.54) is 26.2 Å². The number of hydrogen-bond acceptors (Lipinski definition) is 5. The van der Waals surface area contributed by atoms with E-state index in [1.54, 1.807) is 12.1 Å². The summed E-state index contributed by atoms with van der Waals surface area (Å²) in [5, 5.41) is 8.42. The standard InChI is InChI=1S/C18H14ClF3O6/c1-9(17(25)26-2)27-11-5-3-4-6-12(11)28-13-8-7-10(18(20,21)22)14(15(13)19)16(23)24/h3-9H,1-2H3,(H,23,24). The van der Waals surface area contributed by atoms with Crippen molar-refractivity contribution in [2.75, 3.05) is 7.11 Å². The predicted octanol–water partition coefficient (Wildman–Crippen LogP) is 4.79. The molecule has 1 unspecified atom stereocenters. The molecular formula is C18H14ClF3O6. The number of carbonyl (C=O) groups is 2. The molecular weight excluding hydrogens is 405 g/mol. The van der Waals surface area contributed by atoms with Crippen LogP contribution in [0.5, 0.6) is 17.2 Å². The molecule has 0 spiro atoms. The van der Waals surface area contributed by atoms with Crippen LogP contribution in [0.15, 0.2) is 36.4 Å². The van der Waals surface area contributed by atoms with Gasteiger partial charge in [0.2, 0.25) is 0 Å². The van der Waals surface area contributed by atoms with Gasteiger partial charge in [-0.2, -0.15) is 13.2 Å². The molecule has 0 fully saturated rings. The summed E-state index contributed by atoms with van der Waals surface area (Å²) in [4.78, 5) is 22.8. The van der Waals surface area contributed by atoms with E-state index in [1.807, 2.05) is 0 Å². The van der Waals surface area contributed by atoms with Crippen molar-refractivity contribution < 1.29 is 42.1 Å². The Labute approximate surface area is 162 Å². The van der Waals surface area contributed by atoms with Crippen molar-refractivity contribution in [2.24, 2.45) is 0 Å². The average molecular weight is 419 g/mol. The lowest BCUT2D eigenvalue weighted by Gasteiger charge is -2.18. The second-order valence-corrected chi connectivity index (χ2v) is 5.81. The highest BCUT2D eigenvalue weighted by atomic mass is 35.5. The van der Waals surface area contributed by atoms with E-state index in [0.29, 0.717) is 6.07 Å². The fraction of sp³-hybridized carbons (Fsp3) is 0.222. The van der Waals surface area contributed by atoms with Crippen molar-refractivity contribution in [1.29, 1.82) is 0 Å². The molecule has 0 aliphatic rings. The van der Waals surface area contributed by atoms with Crippen LogP contribution >= 0.6 is 11.6 Å². The number of methoxy groups -OCH3 is 1. The minimum Gasteiger partial charge on any atom is -0.478 e. The van der Waals surface area contributed by atoms with Crippen molar-refractivity contribution in [2.45, 2.75) is 19.2 Å². The van der Waals surface area contributed by atoms with Gasteiger partial charge in [0.15, 0.2) is 17.6 Å². The monoisotopic (exact) mass is 418 g/mol. The number of carboxylic acids is 1. The minimum absolute atomic E-state index is 0.0104. The van der Waals surface area contributed by atoms with E-state index < -0.39 is 40.4 Å². The summed E-state index contributed by atoms with van der Waals surface area (Å²) < 4.78 is 54.6. The molecule has 0 saturated carbocycles. The lowest BCUT2D eigenvalue weighted by molar-refractivity contribution is -0.148. The quantitative estimate of drug-likeness (QED) is 0.679. The van der Waals surface area contributed by atoms with Crippen LogP contribution in [0.1, 0.15) is 22.8 Å². The first-order chi connectivity index (χ1) is 13.1. The largest absolute Gasteiger partial charge is 0.478 e. The Balaban J connectivity index is 2.43. The zero-order valence-corrected chi connectivity index (χ0v) is 15.3. The number of esters is 1. The van der Waals surface area contributed by atoms with Gasteiger partial charge in [-0.15, -0.1) is 0 Å².